The van der Waals surface area contributed by atoms with Gasteiger partial charge in [-0.25, -0.2) is 4.79 Å². The Labute approximate surface area is 202 Å². The predicted molar refractivity (Wildman–Crippen MR) is 125 cm³/mol. The lowest BCUT2D eigenvalue weighted by Crippen LogP contribution is -2.58. The molecule has 0 fully saturated rings. The molecule has 0 saturated heterocycles. The van der Waals surface area contributed by atoms with Gasteiger partial charge in [-0.2, -0.15) is 11.8 Å². The minimum absolute atomic E-state index is 0.00504. The monoisotopic (exact) mass is 505 g/mol. The first-order chi connectivity index (χ1) is 15.8. The van der Waals surface area contributed by atoms with E-state index < -0.39 is 66.2 Å². The van der Waals surface area contributed by atoms with Crippen LogP contribution in [-0.2, 0) is 28.8 Å². The van der Waals surface area contributed by atoms with Gasteiger partial charge >= 0.3 is 11.9 Å². The number of amides is 4. The largest absolute Gasteiger partial charge is 0.481 e. The zero-order chi connectivity index (χ0) is 26.4. The fourth-order valence-electron chi connectivity index (χ4n) is 2.80. The van der Waals surface area contributed by atoms with Gasteiger partial charge < -0.3 is 37.6 Å². The Morgan fingerprint density at radius 1 is 0.912 bits per heavy atom. The van der Waals surface area contributed by atoms with E-state index in [0.29, 0.717) is 12.2 Å². The number of nitrogens with one attached hydrogen (secondary N) is 3. The first kappa shape index (κ1) is 31.1. The summed E-state index contributed by atoms with van der Waals surface area (Å²) < 4.78 is 0. The molecule has 0 aliphatic heterocycles. The number of carbonyl (C=O) groups is 6. The standard InChI is InChI=1S/C20H35N5O8S/c1-4-10(2)16(25-17(29)11(21)5-6-14(22)26)19(31)23-12(7-8-34-3)18(30)24-13(20(32)33)9-15(27)28/h10-13,16H,4-9,21H2,1-3H3,(H2,22,26)(H,23,31)(H,24,30)(H,25,29)(H,27,28)(H,32,33). The Hall–Kier alpha value is -2.87. The van der Waals surface area contributed by atoms with E-state index >= 15 is 0 Å². The van der Waals surface area contributed by atoms with Crippen molar-refractivity contribution in [3.8, 4) is 0 Å². The lowest BCUT2D eigenvalue weighted by atomic mass is 9.97. The smallest absolute Gasteiger partial charge is 0.326 e. The maximum Gasteiger partial charge on any atom is 0.326 e. The van der Waals surface area contributed by atoms with Gasteiger partial charge in [-0.05, 0) is 30.8 Å². The van der Waals surface area contributed by atoms with E-state index in [4.69, 9.17) is 16.6 Å². The van der Waals surface area contributed by atoms with Crippen molar-refractivity contribution >= 4 is 47.3 Å². The van der Waals surface area contributed by atoms with Crippen molar-refractivity contribution in [3.63, 3.8) is 0 Å². The Bertz CT molecular complexity index is 750. The molecule has 0 radical (unpaired) electrons. The summed E-state index contributed by atoms with van der Waals surface area (Å²) in [5.41, 5.74) is 10.8. The summed E-state index contributed by atoms with van der Waals surface area (Å²) in [5, 5.41) is 25.2. The molecule has 9 N–H and O–H groups in total. The number of aliphatic carboxylic acids is 2. The van der Waals surface area contributed by atoms with E-state index in [1.165, 1.54) is 11.8 Å². The molecule has 14 heteroatoms. The highest BCUT2D eigenvalue weighted by Crippen LogP contribution is 2.11. The molecular formula is C20H35N5O8S. The second-order valence-corrected chi connectivity index (χ2v) is 8.81. The van der Waals surface area contributed by atoms with E-state index in [9.17, 15) is 33.9 Å². The molecule has 0 saturated carbocycles. The van der Waals surface area contributed by atoms with E-state index in [1.807, 2.05) is 0 Å². The average molecular weight is 506 g/mol. The van der Waals surface area contributed by atoms with Crippen molar-refractivity contribution in [1.29, 1.82) is 0 Å². The molecular weight excluding hydrogens is 470 g/mol. The Morgan fingerprint density at radius 2 is 1.50 bits per heavy atom. The second-order valence-electron chi connectivity index (χ2n) is 7.82. The number of nitrogens with two attached hydrogens (primary N) is 2. The summed E-state index contributed by atoms with van der Waals surface area (Å²) in [7, 11) is 0. The third kappa shape index (κ3) is 11.8. The summed E-state index contributed by atoms with van der Waals surface area (Å²) in [6.07, 6.45) is 1.46. The van der Waals surface area contributed by atoms with E-state index in [2.05, 4.69) is 16.0 Å². The number of carbonyl (C=O) groups excluding carboxylic acids is 4. The van der Waals surface area contributed by atoms with E-state index in [-0.39, 0.29) is 25.2 Å². The molecule has 0 bridgehead atoms. The average Bonchev–Trinajstić information content (AvgIpc) is 2.76. The zero-order valence-electron chi connectivity index (χ0n) is 19.5. The van der Waals surface area contributed by atoms with Crippen LogP contribution in [0.4, 0.5) is 0 Å². The summed E-state index contributed by atoms with van der Waals surface area (Å²) >= 11 is 1.39. The Morgan fingerprint density at radius 3 is 1.97 bits per heavy atom. The SMILES string of the molecule is CCC(C)C(NC(=O)C(N)CCC(N)=O)C(=O)NC(CCSC)C(=O)NC(CC(=O)O)C(=O)O. The number of hydrogen-bond acceptors (Lipinski definition) is 8. The highest BCUT2D eigenvalue weighted by molar-refractivity contribution is 7.98. The van der Waals surface area contributed by atoms with Crippen molar-refractivity contribution in [1.82, 2.24) is 16.0 Å². The lowest BCUT2D eigenvalue weighted by molar-refractivity contribution is -0.147. The van der Waals surface area contributed by atoms with Crippen LogP contribution in [-0.4, -0.2) is 82.0 Å². The first-order valence-electron chi connectivity index (χ1n) is 10.7. The van der Waals surface area contributed by atoms with Crippen molar-refractivity contribution in [2.45, 2.75) is 70.1 Å². The molecule has 5 atom stereocenters. The van der Waals surface area contributed by atoms with Gasteiger partial charge in [0.25, 0.3) is 0 Å². The van der Waals surface area contributed by atoms with Crippen molar-refractivity contribution < 1.29 is 39.0 Å². The Balaban J connectivity index is 5.50. The van der Waals surface area contributed by atoms with Crippen LogP contribution >= 0.6 is 11.8 Å². The number of carboxylic acid groups (broad SMARTS) is 2. The third-order valence-corrected chi connectivity index (χ3v) is 5.71. The Kier molecular flexibility index (Phi) is 14.5. The normalized spacial score (nSPS) is 15.2. The summed E-state index contributed by atoms with van der Waals surface area (Å²) in [5.74, 6) is -5.68. The van der Waals surface area contributed by atoms with Gasteiger partial charge in [0.05, 0.1) is 12.5 Å². The van der Waals surface area contributed by atoms with Gasteiger partial charge in [-0.1, -0.05) is 20.3 Å². The molecule has 0 rings (SSSR count). The fraction of sp³-hybridized carbons (Fsp3) is 0.700. The minimum atomic E-state index is -1.67. The van der Waals surface area contributed by atoms with Crippen LogP contribution in [0.2, 0.25) is 0 Å². The first-order valence-corrected chi connectivity index (χ1v) is 12.1. The second kappa shape index (κ2) is 15.9. The van der Waals surface area contributed by atoms with Crippen LogP contribution in [0, 0.1) is 5.92 Å². The minimum Gasteiger partial charge on any atom is -0.481 e. The maximum absolute atomic E-state index is 13.0. The quantitative estimate of drug-likeness (QED) is 0.119. The van der Waals surface area contributed by atoms with Crippen LogP contribution < -0.4 is 27.4 Å². The number of rotatable bonds is 17. The van der Waals surface area contributed by atoms with Gasteiger partial charge in [0.1, 0.15) is 18.1 Å². The molecule has 5 unspecified atom stereocenters. The van der Waals surface area contributed by atoms with Crippen molar-refractivity contribution in [2.75, 3.05) is 12.0 Å². The van der Waals surface area contributed by atoms with Gasteiger partial charge in [0, 0.05) is 6.42 Å². The highest BCUT2D eigenvalue weighted by atomic mass is 32.2. The molecule has 0 spiro atoms. The summed E-state index contributed by atoms with van der Waals surface area (Å²) in [6, 6.07) is -4.97. The molecule has 4 amide bonds. The molecule has 0 heterocycles. The zero-order valence-corrected chi connectivity index (χ0v) is 20.4. The molecule has 34 heavy (non-hydrogen) atoms. The van der Waals surface area contributed by atoms with Crippen molar-refractivity contribution in [3.05, 3.63) is 0 Å². The molecule has 0 aliphatic carbocycles. The summed E-state index contributed by atoms with van der Waals surface area (Å²) in [4.78, 5) is 71.2. The van der Waals surface area contributed by atoms with Crippen LogP contribution in [0.25, 0.3) is 0 Å². The van der Waals surface area contributed by atoms with Crippen molar-refractivity contribution in [2.24, 2.45) is 17.4 Å². The van der Waals surface area contributed by atoms with Gasteiger partial charge in [-0.15, -0.1) is 0 Å². The van der Waals surface area contributed by atoms with Gasteiger partial charge in [0.2, 0.25) is 23.6 Å². The number of thioether (sulfide) groups is 1. The molecule has 0 aromatic carbocycles. The molecule has 194 valence electrons. The molecule has 0 aromatic heterocycles. The van der Waals surface area contributed by atoms with Crippen LogP contribution in [0.15, 0.2) is 0 Å². The van der Waals surface area contributed by atoms with Gasteiger partial charge in [-0.3, -0.25) is 24.0 Å². The number of hydrogen-bond donors (Lipinski definition) is 7. The maximum atomic E-state index is 13.0. The molecule has 0 aromatic rings. The van der Waals surface area contributed by atoms with Gasteiger partial charge in [0.15, 0.2) is 0 Å². The fourth-order valence-corrected chi connectivity index (χ4v) is 3.28. The van der Waals surface area contributed by atoms with E-state index in [1.54, 1.807) is 20.1 Å². The number of carboxylic acids is 2. The van der Waals surface area contributed by atoms with Crippen LogP contribution in [0.3, 0.4) is 0 Å². The third-order valence-electron chi connectivity index (χ3n) is 5.07. The molecule has 0 aliphatic rings. The topological polar surface area (TPSA) is 231 Å². The molecule has 13 nitrogen and oxygen atoms in total. The predicted octanol–water partition coefficient (Wildman–Crippen LogP) is -1.61. The van der Waals surface area contributed by atoms with Crippen LogP contribution in [0.5, 0.6) is 0 Å². The van der Waals surface area contributed by atoms with E-state index in [0.717, 1.165) is 0 Å². The highest BCUT2D eigenvalue weighted by Gasteiger charge is 2.32. The summed E-state index contributed by atoms with van der Waals surface area (Å²) in [6.45, 7) is 3.51. The lowest BCUT2D eigenvalue weighted by Gasteiger charge is -2.28. The van der Waals surface area contributed by atoms with Crippen LogP contribution in [0.1, 0.15) is 46.0 Å². The number of primary amides is 1.